The third kappa shape index (κ3) is 3.45. The van der Waals surface area contributed by atoms with E-state index in [4.69, 9.17) is 0 Å². The van der Waals surface area contributed by atoms with Gasteiger partial charge in [0.2, 0.25) is 0 Å². The number of hydrogen-bond acceptors (Lipinski definition) is 4. The molecule has 0 saturated heterocycles. The van der Waals surface area contributed by atoms with Crippen molar-refractivity contribution in [3.63, 3.8) is 0 Å². The summed E-state index contributed by atoms with van der Waals surface area (Å²) in [4.78, 5) is 16.4. The van der Waals surface area contributed by atoms with Gasteiger partial charge in [0.05, 0.1) is 9.88 Å². The molecule has 0 spiro atoms. The molecule has 0 N–H and O–H groups in total. The third-order valence-electron chi connectivity index (χ3n) is 2.88. The van der Waals surface area contributed by atoms with Crippen LogP contribution in [0.1, 0.15) is 36.4 Å². The quantitative estimate of drug-likeness (QED) is 0.676. The first-order valence-corrected chi connectivity index (χ1v) is 8.32. The minimum absolute atomic E-state index is 0.795. The fraction of sp³-hybridized carbons (Fsp3) is 0.400. The van der Waals surface area contributed by atoms with E-state index in [0.717, 1.165) is 24.3 Å². The summed E-state index contributed by atoms with van der Waals surface area (Å²) in [6.07, 6.45) is 3.26. The van der Waals surface area contributed by atoms with Crippen LogP contribution in [0.3, 0.4) is 0 Å². The monoisotopic (exact) mass is 293 g/mol. The number of carbonyl (C=O) groups excluding carboxylic acids is 1. The Balaban J connectivity index is 2.19. The Morgan fingerprint density at radius 3 is 2.21 bits per heavy atom. The molecule has 0 amide bonds. The van der Waals surface area contributed by atoms with Crippen molar-refractivity contribution in [2.45, 2.75) is 26.7 Å². The van der Waals surface area contributed by atoms with Gasteiger partial charge in [-0.25, -0.2) is 0 Å². The molecule has 0 aliphatic carbocycles. The van der Waals surface area contributed by atoms with E-state index in [-0.39, 0.29) is 0 Å². The van der Waals surface area contributed by atoms with Crippen molar-refractivity contribution in [1.82, 2.24) is 0 Å². The molecule has 2 aromatic rings. The van der Waals surface area contributed by atoms with Crippen molar-refractivity contribution >= 4 is 34.0 Å². The molecule has 0 atom stereocenters. The van der Waals surface area contributed by atoms with Crippen LogP contribution in [0.2, 0.25) is 0 Å². The SMILES string of the molecule is CCCN(CCC)c1ccc(-c2ccc(C=O)s2)s1. The van der Waals surface area contributed by atoms with E-state index >= 15 is 0 Å². The van der Waals surface area contributed by atoms with Crippen molar-refractivity contribution in [2.75, 3.05) is 18.0 Å². The summed E-state index contributed by atoms with van der Waals surface area (Å²) < 4.78 is 0. The molecule has 2 nitrogen and oxygen atoms in total. The van der Waals surface area contributed by atoms with E-state index in [0.29, 0.717) is 0 Å². The minimum atomic E-state index is 0.795. The van der Waals surface area contributed by atoms with Gasteiger partial charge in [0.25, 0.3) is 0 Å². The first kappa shape index (κ1) is 14.3. The number of nitrogens with zero attached hydrogens (tertiary/aromatic N) is 1. The Morgan fingerprint density at radius 2 is 1.63 bits per heavy atom. The molecule has 2 aromatic heterocycles. The summed E-state index contributed by atoms with van der Waals surface area (Å²) in [5.41, 5.74) is 0. The molecule has 102 valence electrons. The summed E-state index contributed by atoms with van der Waals surface area (Å²) in [5, 5.41) is 1.33. The molecule has 0 fully saturated rings. The van der Waals surface area contributed by atoms with E-state index in [2.05, 4.69) is 30.9 Å². The number of rotatable bonds is 7. The predicted octanol–water partition coefficient (Wildman–Crippen LogP) is 4.92. The van der Waals surface area contributed by atoms with E-state index in [9.17, 15) is 4.79 Å². The average Bonchev–Trinajstić information content (AvgIpc) is 3.07. The second-order valence-corrected chi connectivity index (χ2v) is 6.62. The molecule has 4 heteroatoms. The van der Waals surface area contributed by atoms with Gasteiger partial charge in [0.15, 0.2) is 6.29 Å². The fourth-order valence-electron chi connectivity index (χ4n) is 2.05. The second kappa shape index (κ2) is 6.87. The van der Waals surface area contributed by atoms with Gasteiger partial charge in [-0.15, -0.1) is 22.7 Å². The summed E-state index contributed by atoms with van der Waals surface area (Å²) >= 11 is 3.38. The van der Waals surface area contributed by atoms with Gasteiger partial charge < -0.3 is 4.90 Å². The number of thiophene rings is 2. The minimum Gasteiger partial charge on any atom is -0.363 e. The summed E-state index contributed by atoms with van der Waals surface area (Å²) in [7, 11) is 0. The van der Waals surface area contributed by atoms with Crippen LogP contribution in [-0.4, -0.2) is 19.4 Å². The lowest BCUT2D eigenvalue weighted by Gasteiger charge is -2.21. The van der Waals surface area contributed by atoms with E-state index in [1.54, 1.807) is 11.3 Å². The van der Waals surface area contributed by atoms with Crippen molar-refractivity contribution in [3.05, 3.63) is 29.1 Å². The van der Waals surface area contributed by atoms with Crippen LogP contribution < -0.4 is 4.90 Å². The lowest BCUT2D eigenvalue weighted by atomic mass is 10.3. The lowest BCUT2D eigenvalue weighted by molar-refractivity contribution is 0.112. The number of aldehydes is 1. The molecule has 0 bridgehead atoms. The lowest BCUT2D eigenvalue weighted by Crippen LogP contribution is -2.23. The van der Waals surface area contributed by atoms with Crippen molar-refractivity contribution in [2.24, 2.45) is 0 Å². The average molecular weight is 293 g/mol. The number of carbonyl (C=O) groups is 1. The second-order valence-electron chi connectivity index (χ2n) is 4.44. The normalized spacial score (nSPS) is 10.6. The van der Waals surface area contributed by atoms with Gasteiger partial charge in [-0.05, 0) is 37.1 Å². The van der Waals surface area contributed by atoms with Crippen LogP contribution in [0, 0.1) is 0 Å². The van der Waals surface area contributed by atoms with Crippen molar-refractivity contribution < 1.29 is 4.79 Å². The van der Waals surface area contributed by atoms with Gasteiger partial charge in [-0.1, -0.05) is 13.8 Å². The Morgan fingerprint density at radius 1 is 1.00 bits per heavy atom. The molecule has 19 heavy (non-hydrogen) atoms. The highest BCUT2D eigenvalue weighted by Gasteiger charge is 2.10. The maximum atomic E-state index is 10.7. The van der Waals surface area contributed by atoms with Gasteiger partial charge in [0.1, 0.15) is 0 Å². The van der Waals surface area contributed by atoms with Crippen molar-refractivity contribution in [1.29, 1.82) is 0 Å². The molecule has 0 radical (unpaired) electrons. The van der Waals surface area contributed by atoms with Crippen LogP contribution in [0.5, 0.6) is 0 Å². The van der Waals surface area contributed by atoms with Crippen LogP contribution in [-0.2, 0) is 0 Å². The zero-order valence-corrected chi connectivity index (χ0v) is 13.0. The summed E-state index contributed by atoms with van der Waals surface area (Å²) in [5.74, 6) is 0. The van der Waals surface area contributed by atoms with Crippen LogP contribution >= 0.6 is 22.7 Å². The first-order valence-electron chi connectivity index (χ1n) is 6.68. The highest BCUT2D eigenvalue weighted by molar-refractivity contribution is 7.24. The first-order chi connectivity index (χ1) is 9.28. The summed E-state index contributed by atoms with van der Waals surface area (Å²) in [6.45, 7) is 6.65. The van der Waals surface area contributed by atoms with E-state index in [1.165, 1.54) is 27.6 Å². The third-order valence-corrected chi connectivity index (χ3v) is 5.23. The molecule has 0 aliphatic rings. The van der Waals surface area contributed by atoms with E-state index < -0.39 is 0 Å². The van der Waals surface area contributed by atoms with Gasteiger partial charge in [0, 0.05) is 22.8 Å². The molecule has 0 unspecified atom stereocenters. The van der Waals surface area contributed by atoms with Crippen LogP contribution in [0.25, 0.3) is 9.75 Å². The fourth-order valence-corrected chi connectivity index (χ4v) is 4.02. The topological polar surface area (TPSA) is 20.3 Å². The Hall–Kier alpha value is -1.13. The standard InChI is InChI=1S/C15H19NOS2/c1-3-9-16(10-4-2)15-8-7-14(19-15)13-6-5-12(11-17)18-13/h5-8,11H,3-4,9-10H2,1-2H3. The molecule has 2 rings (SSSR count). The maximum Gasteiger partial charge on any atom is 0.160 e. The molecule has 2 heterocycles. The molecular formula is C15H19NOS2. The highest BCUT2D eigenvalue weighted by Crippen LogP contribution is 2.37. The molecule has 0 aliphatic heterocycles. The van der Waals surface area contributed by atoms with Crippen LogP contribution in [0.4, 0.5) is 5.00 Å². The zero-order chi connectivity index (χ0) is 13.7. The highest BCUT2D eigenvalue weighted by atomic mass is 32.1. The molecular weight excluding hydrogens is 274 g/mol. The van der Waals surface area contributed by atoms with Gasteiger partial charge in [-0.3, -0.25) is 4.79 Å². The van der Waals surface area contributed by atoms with Gasteiger partial charge >= 0.3 is 0 Å². The molecule has 0 saturated carbocycles. The maximum absolute atomic E-state index is 10.7. The zero-order valence-electron chi connectivity index (χ0n) is 11.4. The summed E-state index contributed by atoms with van der Waals surface area (Å²) in [6, 6.07) is 8.29. The van der Waals surface area contributed by atoms with Gasteiger partial charge in [-0.2, -0.15) is 0 Å². The number of anilines is 1. The Labute approximate surface area is 122 Å². The van der Waals surface area contributed by atoms with E-state index in [1.807, 2.05) is 23.5 Å². The number of hydrogen-bond donors (Lipinski definition) is 0. The largest absolute Gasteiger partial charge is 0.363 e. The molecule has 0 aromatic carbocycles. The van der Waals surface area contributed by atoms with Crippen LogP contribution in [0.15, 0.2) is 24.3 Å². The predicted molar refractivity (Wildman–Crippen MR) is 85.8 cm³/mol. The van der Waals surface area contributed by atoms with Crippen molar-refractivity contribution in [3.8, 4) is 9.75 Å². The Kier molecular flexibility index (Phi) is 5.16. The Bertz CT molecular complexity index is 524. The smallest absolute Gasteiger partial charge is 0.160 e.